The van der Waals surface area contributed by atoms with Crippen LogP contribution in [0.25, 0.3) is 11.1 Å². The minimum absolute atomic E-state index is 0.00324. The van der Waals surface area contributed by atoms with E-state index in [-0.39, 0.29) is 17.7 Å². The molecule has 4 aliphatic rings. The lowest BCUT2D eigenvalue weighted by atomic mass is 9.99. The van der Waals surface area contributed by atoms with Crippen LogP contribution in [0.15, 0.2) is 60.7 Å². The molecule has 7 rings (SSSR count). The van der Waals surface area contributed by atoms with Crippen molar-refractivity contribution in [3.63, 3.8) is 0 Å². The van der Waals surface area contributed by atoms with Gasteiger partial charge in [0.25, 0.3) is 5.91 Å². The molecule has 0 aliphatic carbocycles. The van der Waals surface area contributed by atoms with Crippen LogP contribution in [0.2, 0.25) is 0 Å². The zero-order chi connectivity index (χ0) is 29.2. The lowest BCUT2D eigenvalue weighted by Gasteiger charge is -2.37. The molecule has 8 nitrogen and oxygen atoms in total. The van der Waals surface area contributed by atoms with E-state index in [1.54, 1.807) is 0 Å². The first-order valence-electron chi connectivity index (χ1n) is 15.9. The Kier molecular flexibility index (Phi) is 7.99. The first kappa shape index (κ1) is 28.2. The number of carbonyl (C=O) groups is 1. The van der Waals surface area contributed by atoms with Gasteiger partial charge < -0.3 is 34.6 Å². The van der Waals surface area contributed by atoms with Crippen LogP contribution in [-0.4, -0.2) is 75.2 Å². The summed E-state index contributed by atoms with van der Waals surface area (Å²) in [6, 6.07) is 20.9. The van der Waals surface area contributed by atoms with Crippen molar-refractivity contribution in [2.24, 2.45) is 0 Å². The molecule has 1 amide bonds. The molecule has 0 aromatic heterocycles. The zero-order valence-electron chi connectivity index (χ0n) is 25.1. The van der Waals surface area contributed by atoms with Gasteiger partial charge in [-0.25, -0.2) is 0 Å². The summed E-state index contributed by atoms with van der Waals surface area (Å²) >= 11 is 0. The highest BCUT2D eigenvalue weighted by Crippen LogP contribution is 2.37. The molecule has 0 saturated carbocycles. The number of ether oxygens (including phenoxy) is 3. The van der Waals surface area contributed by atoms with E-state index in [1.807, 2.05) is 41.3 Å². The van der Waals surface area contributed by atoms with Gasteiger partial charge in [-0.05, 0) is 79.8 Å². The fraction of sp³-hybridized carbons (Fsp3) is 0.457. The Morgan fingerprint density at radius 3 is 2.70 bits per heavy atom. The van der Waals surface area contributed by atoms with Gasteiger partial charge in [0.1, 0.15) is 5.75 Å². The number of fused-ring (bicyclic) bond motifs is 2. The van der Waals surface area contributed by atoms with Gasteiger partial charge >= 0.3 is 0 Å². The molecular weight excluding hydrogens is 540 g/mol. The van der Waals surface area contributed by atoms with Crippen LogP contribution in [0.5, 0.6) is 5.75 Å². The smallest absolute Gasteiger partial charge is 0.258 e. The molecule has 4 aliphatic heterocycles. The molecule has 2 fully saturated rings. The molecule has 2 saturated heterocycles. The van der Waals surface area contributed by atoms with Gasteiger partial charge in [0.15, 0.2) is 5.79 Å². The van der Waals surface area contributed by atoms with Crippen LogP contribution in [-0.2, 0) is 15.9 Å². The van der Waals surface area contributed by atoms with Gasteiger partial charge in [0.05, 0.1) is 31.2 Å². The van der Waals surface area contributed by atoms with E-state index >= 15 is 0 Å². The van der Waals surface area contributed by atoms with Gasteiger partial charge in [-0.1, -0.05) is 18.2 Å². The number of rotatable bonds is 7. The summed E-state index contributed by atoms with van der Waals surface area (Å²) in [4.78, 5) is 18.4. The van der Waals surface area contributed by atoms with E-state index in [4.69, 9.17) is 14.2 Å². The van der Waals surface area contributed by atoms with Crippen molar-refractivity contribution < 1.29 is 19.0 Å². The predicted molar refractivity (Wildman–Crippen MR) is 170 cm³/mol. The molecule has 3 aromatic carbocycles. The number of anilines is 3. The Labute approximate surface area is 254 Å². The quantitative estimate of drug-likeness (QED) is 0.342. The summed E-state index contributed by atoms with van der Waals surface area (Å²) < 4.78 is 18.3. The molecule has 43 heavy (non-hydrogen) atoms. The van der Waals surface area contributed by atoms with E-state index in [0.29, 0.717) is 31.9 Å². The van der Waals surface area contributed by atoms with Crippen molar-refractivity contribution in [2.75, 3.05) is 68.1 Å². The van der Waals surface area contributed by atoms with E-state index in [1.165, 1.54) is 11.3 Å². The van der Waals surface area contributed by atoms with Crippen LogP contribution >= 0.6 is 0 Å². The molecule has 2 N–H and O–H groups in total. The number of hydrogen-bond acceptors (Lipinski definition) is 7. The van der Waals surface area contributed by atoms with E-state index in [0.717, 1.165) is 86.5 Å². The summed E-state index contributed by atoms with van der Waals surface area (Å²) in [5.41, 5.74) is 7.23. The third-order valence-corrected chi connectivity index (χ3v) is 9.29. The second-order valence-electron chi connectivity index (χ2n) is 12.2. The molecule has 1 spiro atoms. The monoisotopic (exact) mass is 582 g/mol. The molecule has 4 heterocycles. The fourth-order valence-electron chi connectivity index (χ4n) is 6.84. The number of hydrogen-bond donors (Lipinski definition) is 2. The highest BCUT2D eigenvalue weighted by molar-refractivity contribution is 6.08. The van der Waals surface area contributed by atoms with Crippen LogP contribution in [0, 0.1) is 0 Å². The number of benzene rings is 3. The first-order chi connectivity index (χ1) is 21.1. The lowest BCUT2D eigenvalue weighted by Crippen LogP contribution is -2.45. The van der Waals surface area contributed by atoms with Crippen molar-refractivity contribution in [3.8, 4) is 16.9 Å². The maximum absolute atomic E-state index is 14.0. The SMILES string of the molecule is C[C@H]1CCN(C(=O)c2ccc(-c3ccc4c(c3)CCN4)c(OCCCN3CCC4(CC3)OCCO4)c2)c2ccccc2N1. The van der Waals surface area contributed by atoms with Gasteiger partial charge in [0.2, 0.25) is 0 Å². The molecule has 226 valence electrons. The minimum Gasteiger partial charge on any atom is -0.493 e. The summed E-state index contributed by atoms with van der Waals surface area (Å²) in [5.74, 6) is 0.413. The van der Waals surface area contributed by atoms with E-state index in [2.05, 4.69) is 46.7 Å². The van der Waals surface area contributed by atoms with Gasteiger partial charge in [-0.15, -0.1) is 0 Å². The molecule has 1 atom stereocenters. The largest absolute Gasteiger partial charge is 0.493 e. The molecular formula is C35H42N4O4. The molecule has 8 heteroatoms. The minimum atomic E-state index is -0.345. The number of likely N-dealkylation sites (tertiary alicyclic amines) is 1. The molecule has 3 aromatic rings. The summed E-state index contributed by atoms with van der Waals surface area (Å²) in [6.07, 6.45) is 4.64. The first-order valence-corrected chi connectivity index (χ1v) is 15.9. The number of para-hydroxylation sites is 2. The van der Waals surface area contributed by atoms with Crippen LogP contribution in [0.1, 0.15) is 48.5 Å². The van der Waals surface area contributed by atoms with E-state index < -0.39 is 0 Å². The van der Waals surface area contributed by atoms with Crippen LogP contribution in [0.3, 0.4) is 0 Å². The normalized spacial score (nSPS) is 21.0. The maximum atomic E-state index is 14.0. The second kappa shape index (κ2) is 12.2. The topological polar surface area (TPSA) is 75.3 Å². The average Bonchev–Trinajstić information content (AvgIpc) is 3.66. The Balaban J connectivity index is 1.09. The van der Waals surface area contributed by atoms with Gasteiger partial charge in [-0.2, -0.15) is 0 Å². The lowest BCUT2D eigenvalue weighted by molar-refractivity contribution is -0.185. The summed E-state index contributed by atoms with van der Waals surface area (Å²) in [7, 11) is 0. The third-order valence-electron chi connectivity index (χ3n) is 9.29. The zero-order valence-corrected chi connectivity index (χ0v) is 25.1. The number of nitrogens with one attached hydrogen (secondary N) is 2. The summed E-state index contributed by atoms with van der Waals surface area (Å²) in [6.45, 7) is 8.70. The molecule has 0 radical (unpaired) electrons. The van der Waals surface area contributed by atoms with Crippen molar-refractivity contribution in [1.29, 1.82) is 0 Å². The number of carbonyl (C=O) groups excluding carboxylic acids is 1. The third kappa shape index (κ3) is 5.96. The Hall–Kier alpha value is -3.59. The van der Waals surface area contributed by atoms with Crippen molar-refractivity contribution >= 4 is 23.0 Å². The van der Waals surface area contributed by atoms with Gasteiger partial charge in [0, 0.05) is 68.4 Å². The fourth-order valence-corrected chi connectivity index (χ4v) is 6.84. The average molecular weight is 583 g/mol. The van der Waals surface area contributed by atoms with Gasteiger partial charge in [-0.3, -0.25) is 4.79 Å². The van der Waals surface area contributed by atoms with E-state index in [9.17, 15) is 4.79 Å². The highest BCUT2D eigenvalue weighted by atomic mass is 16.7. The van der Waals surface area contributed by atoms with Crippen LogP contribution in [0.4, 0.5) is 17.1 Å². The molecule has 0 unspecified atom stereocenters. The number of piperidine rings is 1. The van der Waals surface area contributed by atoms with Crippen molar-refractivity contribution in [3.05, 3.63) is 71.8 Å². The van der Waals surface area contributed by atoms with Crippen molar-refractivity contribution in [1.82, 2.24) is 4.90 Å². The Bertz CT molecular complexity index is 1460. The Morgan fingerprint density at radius 2 is 1.84 bits per heavy atom. The highest BCUT2D eigenvalue weighted by Gasteiger charge is 2.39. The standard InChI is InChI=1S/C35H42N4O4/c1-25-12-17-39(32-6-3-2-5-31(32)37-25)34(40)28-7-9-29(26-8-10-30-27(23-26)11-15-36-30)33(24-28)41-20-4-16-38-18-13-35(14-19-38)42-21-22-43-35/h2-3,5-10,23-25,36-37H,4,11-22H2,1H3/t25-/m0/s1. The molecule has 0 bridgehead atoms. The van der Waals surface area contributed by atoms with Crippen LogP contribution < -0.4 is 20.3 Å². The predicted octanol–water partition coefficient (Wildman–Crippen LogP) is 5.78. The van der Waals surface area contributed by atoms with Crippen molar-refractivity contribution in [2.45, 2.75) is 50.9 Å². The number of amides is 1. The second-order valence-corrected chi connectivity index (χ2v) is 12.2. The maximum Gasteiger partial charge on any atom is 0.258 e. The number of nitrogens with zero attached hydrogens (tertiary/aromatic N) is 2. The summed E-state index contributed by atoms with van der Waals surface area (Å²) in [5, 5.41) is 7.01. The Morgan fingerprint density at radius 1 is 1.00 bits per heavy atom.